The van der Waals surface area contributed by atoms with Crippen molar-refractivity contribution in [2.24, 2.45) is 5.92 Å². The SMILES string of the molecule is Cc1cc(OCCNC(=O)[C@@H]2CC(=O)N[C@@H](CC(C)C)C(=O)N(C)CCOc3ccccc3C(=O)N2)c(C(C)C)cc1Cl. The van der Waals surface area contributed by atoms with Gasteiger partial charge in [-0.05, 0) is 60.6 Å². The molecule has 0 bridgehead atoms. The molecule has 0 fully saturated rings. The minimum atomic E-state index is -1.21. The van der Waals surface area contributed by atoms with Gasteiger partial charge < -0.3 is 30.3 Å². The van der Waals surface area contributed by atoms with Crippen LogP contribution >= 0.6 is 11.6 Å². The smallest absolute Gasteiger partial charge is 0.255 e. The van der Waals surface area contributed by atoms with Gasteiger partial charge in [0, 0.05) is 12.1 Å². The fraction of sp³-hybridized carbons (Fsp3) is 0.500. The van der Waals surface area contributed by atoms with Crippen LogP contribution in [0.4, 0.5) is 0 Å². The summed E-state index contributed by atoms with van der Waals surface area (Å²) in [6, 6.07) is 8.40. The van der Waals surface area contributed by atoms with Crippen LogP contribution in [0.25, 0.3) is 0 Å². The van der Waals surface area contributed by atoms with Gasteiger partial charge in [0.15, 0.2) is 0 Å². The summed E-state index contributed by atoms with van der Waals surface area (Å²) in [5.74, 6) is -0.591. The highest BCUT2D eigenvalue weighted by atomic mass is 35.5. The van der Waals surface area contributed by atoms with Crippen molar-refractivity contribution in [2.75, 3.05) is 33.4 Å². The number of fused-ring (bicyclic) bond motifs is 1. The average Bonchev–Trinajstić information content (AvgIpc) is 2.94. The van der Waals surface area contributed by atoms with Gasteiger partial charge in [-0.3, -0.25) is 19.2 Å². The Kier molecular flexibility index (Phi) is 12.2. The van der Waals surface area contributed by atoms with Gasteiger partial charge in [-0.25, -0.2) is 0 Å². The molecule has 1 aliphatic rings. The zero-order chi connectivity index (χ0) is 31.7. The van der Waals surface area contributed by atoms with E-state index in [1.807, 2.05) is 46.8 Å². The molecule has 0 saturated carbocycles. The molecule has 3 rings (SSSR count). The molecule has 0 unspecified atom stereocenters. The van der Waals surface area contributed by atoms with Crippen LogP contribution < -0.4 is 25.4 Å². The third-order valence-electron chi connectivity index (χ3n) is 7.12. The first-order valence-corrected chi connectivity index (χ1v) is 15.0. The number of ether oxygens (including phenoxy) is 2. The molecule has 0 spiro atoms. The number of carbonyl (C=O) groups is 4. The molecule has 2 atom stereocenters. The summed E-state index contributed by atoms with van der Waals surface area (Å²) in [7, 11) is 1.64. The van der Waals surface area contributed by atoms with Crippen molar-refractivity contribution in [3.63, 3.8) is 0 Å². The van der Waals surface area contributed by atoms with E-state index in [1.54, 1.807) is 31.3 Å². The third-order valence-corrected chi connectivity index (χ3v) is 7.52. The molecule has 0 saturated heterocycles. The van der Waals surface area contributed by atoms with Crippen molar-refractivity contribution in [3.8, 4) is 11.5 Å². The molecule has 234 valence electrons. The maximum atomic E-state index is 13.3. The normalized spacial score (nSPS) is 18.3. The van der Waals surface area contributed by atoms with E-state index < -0.39 is 29.8 Å². The first-order chi connectivity index (χ1) is 20.4. The molecule has 11 heteroatoms. The molecule has 2 aromatic carbocycles. The van der Waals surface area contributed by atoms with Crippen molar-refractivity contribution in [1.82, 2.24) is 20.9 Å². The van der Waals surface area contributed by atoms with Crippen LogP contribution in [-0.4, -0.2) is 74.0 Å². The number of aryl methyl sites for hydroxylation is 1. The largest absolute Gasteiger partial charge is 0.491 e. The van der Waals surface area contributed by atoms with Gasteiger partial charge in [0.2, 0.25) is 17.7 Å². The van der Waals surface area contributed by atoms with Crippen LogP contribution in [-0.2, 0) is 14.4 Å². The van der Waals surface area contributed by atoms with Crippen LogP contribution in [0.1, 0.15) is 67.9 Å². The van der Waals surface area contributed by atoms with E-state index in [1.165, 1.54) is 4.90 Å². The Hall–Kier alpha value is -3.79. The fourth-order valence-corrected chi connectivity index (χ4v) is 4.90. The lowest BCUT2D eigenvalue weighted by atomic mass is 10.0. The second kappa shape index (κ2) is 15.6. The number of hydrogen-bond donors (Lipinski definition) is 3. The van der Waals surface area contributed by atoms with Gasteiger partial charge in [-0.1, -0.05) is 51.4 Å². The Labute approximate surface area is 258 Å². The number of nitrogens with one attached hydrogen (secondary N) is 3. The number of likely N-dealkylation sites (N-methyl/N-ethyl adjacent to an activating group) is 1. The second-order valence-corrected chi connectivity index (χ2v) is 11.9. The first-order valence-electron chi connectivity index (χ1n) is 14.6. The van der Waals surface area contributed by atoms with Gasteiger partial charge in [-0.15, -0.1) is 0 Å². The quantitative estimate of drug-likeness (QED) is 0.388. The predicted molar refractivity (Wildman–Crippen MR) is 166 cm³/mol. The summed E-state index contributed by atoms with van der Waals surface area (Å²) in [5.41, 5.74) is 2.05. The number of benzene rings is 2. The van der Waals surface area contributed by atoms with Crippen molar-refractivity contribution in [3.05, 3.63) is 58.1 Å². The van der Waals surface area contributed by atoms with Crippen molar-refractivity contribution in [2.45, 2.75) is 65.5 Å². The van der Waals surface area contributed by atoms with Crippen LogP contribution in [0.5, 0.6) is 11.5 Å². The molecular formula is C32H43ClN4O6. The Morgan fingerprint density at radius 1 is 1.14 bits per heavy atom. The molecule has 0 aromatic heterocycles. The van der Waals surface area contributed by atoms with E-state index in [2.05, 4.69) is 16.0 Å². The molecule has 43 heavy (non-hydrogen) atoms. The number of hydrogen-bond acceptors (Lipinski definition) is 6. The molecule has 4 amide bonds. The highest BCUT2D eigenvalue weighted by molar-refractivity contribution is 6.31. The van der Waals surface area contributed by atoms with Crippen molar-refractivity contribution < 1.29 is 28.7 Å². The highest BCUT2D eigenvalue weighted by Gasteiger charge is 2.30. The molecule has 0 radical (unpaired) electrons. The summed E-state index contributed by atoms with van der Waals surface area (Å²) in [6.45, 7) is 10.6. The minimum Gasteiger partial charge on any atom is -0.491 e. The van der Waals surface area contributed by atoms with Gasteiger partial charge in [0.25, 0.3) is 5.91 Å². The fourth-order valence-electron chi connectivity index (χ4n) is 4.73. The lowest BCUT2D eigenvalue weighted by molar-refractivity contribution is -0.136. The Morgan fingerprint density at radius 3 is 2.56 bits per heavy atom. The van der Waals surface area contributed by atoms with E-state index in [4.69, 9.17) is 21.1 Å². The minimum absolute atomic E-state index is 0.129. The van der Waals surface area contributed by atoms with Crippen LogP contribution in [0.2, 0.25) is 5.02 Å². The molecular weight excluding hydrogens is 572 g/mol. The van der Waals surface area contributed by atoms with Gasteiger partial charge in [0.05, 0.1) is 25.1 Å². The standard InChI is InChI=1S/C32H43ClN4O6/c1-19(2)15-26-32(41)37(6)12-14-43-27-10-8-7-9-22(27)30(39)36-25(18-29(38)35-26)31(40)34-11-13-42-28-16-21(5)24(33)17-23(28)20(3)4/h7-10,16-17,19-20,25-26H,11-15,18H2,1-6H3,(H,34,40)(H,35,38)(H,36,39)/t25-,26-/m0/s1. The summed E-state index contributed by atoms with van der Waals surface area (Å²) in [4.78, 5) is 54.5. The summed E-state index contributed by atoms with van der Waals surface area (Å²) < 4.78 is 11.8. The van der Waals surface area contributed by atoms with Crippen molar-refractivity contribution in [1.29, 1.82) is 0 Å². The summed E-state index contributed by atoms with van der Waals surface area (Å²) in [5, 5.41) is 8.89. The van der Waals surface area contributed by atoms with Crippen LogP contribution in [0.3, 0.4) is 0 Å². The molecule has 10 nitrogen and oxygen atoms in total. The zero-order valence-corrected chi connectivity index (χ0v) is 26.5. The van der Waals surface area contributed by atoms with Gasteiger partial charge >= 0.3 is 0 Å². The summed E-state index contributed by atoms with van der Waals surface area (Å²) in [6.07, 6.45) is 0.0582. The number of amides is 4. The van der Waals surface area contributed by atoms with E-state index in [0.717, 1.165) is 11.1 Å². The Bertz CT molecular complexity index is 1310. The summed E-state index contributed by atoms with van der Waals surface area (Å²) >= 11 is 6.30. The van der Waals surface area contributed by atoms with Crippen molar-refractivity contribution >= 4 is 35.2 Å². The zero-order valence-electron chi connectivity index (χ0n) is 25.8. The van der Waals surface area contributed by atoms with Crippen LogP contribution in [0.15, 0.2) is 36.4 Å². The lowest BCUT2D eigenvalue weighted by Crippen LogP contribution is -2.53. The molecule has 1 aliphatic heterocycles. The maximum absolute atomic E-state index is 13.3. The molecule has 1 heterocycles. The van der Waals surface area contributed by atoms with Gasteiger partial charge in [-0.2, -0.15) is 0 Å². The predicted octanol–water partition coefficient (Wildman–Crippen LogP) is 3.84. The number of rotatable bonds is 8. The number of halogens is 1. The second-order valence-electron chi connectivity index (χ2n) is 11.5. The lowest BCUT2D eigenvalue weighted by Gasteiger charge is -2.27. The molecule has 2 aromatic rings. The highest BCUT2D eigenvalue weighted by Crippen LogP contribution is 2.32. The Balaban J connectivity index is 1.78. The molecule has 3 N–H and O–H groups in total. The van der Waals surface area contributed by atoms with Gasteiger partial charge in [0.1, 0.15) is 36.8 Å². The molecule has 0 aliphatic carbocycles. The topological polar surface area (TPSA) is 126 Å². The maximum Gasteiger partial charge on any atom is 0.255 e. The number of para-hydroxylation sites is 1. The van der Waals surface area contributed by atoms with E-state index in [-0.39, 0.29) is 56.0 Å². The van der Waals surface area contributed by atoms with Crippen LogP contribution in [0, 0.1) is 12.8 Å². The number of carbonyl (C=O) groups excluding carboxylic acids is 4. The first kappa shape index (κ1) is 33.7. The van der Waals surface area contributed by atoms with E-state index in [0.29, 0.717) is 22.9 Å². The number of nitrogens with zero attached hydrogens (tertiary/aromatic N) is 1. The Morgan fingerprint density at radius 2 is 1.86 bits per heavy atom. The monoisotopic (exact) mass is 614 g/mol. The third kappa shape index (κ3) is 9.61. The van der Waals surface area contributed by atoms with E-state index >= 15 is 0 Å². The average molecular weight is 615 g/mol. The van der Waals surface area contributed by atoms with E-state index in [9.17, 15) is 19.2 Å².